The van der Waals surface area contributed by atoms with Crippen LogP contribution in [-0.2, 0) is 6.42 Å². The van der Waals surface area contributed by atoms with Gasteiger partial charge in [-0.3, -0.25) is 4.79 Å². The van der Waals surface area contributed by atoms with Crippen molar-refractivity contribution in [2.24, 2.45) is 0 Å². The number of hydrogen-bond donors (Lipinski definition) is 1. The molecule has 2 nitrogen and oxygen atoms in total. The molecule has 0 heterocycles. The average Bonchev–Trinajstić information content (AvgIpc) is 2.52. The second-order valence-electron chi connectivity index (χ2n) is 5.81. The van der Waals surface area contributed by atoms with Crippen LogP contribution < -0.4 is 5.32 Å². The smallest absolute Gasteiger partial charge is 0.163 e. The Morgan fingerprint density at radius 1 is 1.00 bits per heavy atom. The van der Waals surface area contributed by atoms with Crippen molar-refractivity contribution in [3.63, 3.8) is 0 Å². The summed E-state index contributed by atoms with van der Waals surface area (Å²) in [7, 11) is 1.95. The van der Waals surface area contributed by atoms with Gasteiger partial charge >= 0.3 is 0 Å². The predicted octanol–water partition coefficient (Wildman–Crippen LogP) is 4.77. The molecule has 0 radical (unpaired) electrons. The molecule has 1 N–H and O–H groups in total. The number of rotatable bonds is 12. The molecule has 21 heavy (non-hydrogen) atoms. The van der Waals surface area contributed by atoms with Crippen molar-refractivity contribution >= 4 is 5.78 Å². The minimum Gasteiger partial charge on any atom is -0.319 e. The molecule has 0 aliphatic rings. The highest BCUT2D eigenvalue weighted by atomic mass is 16.1. The van der Waals surface area contributed by atoms with Crippen LogP contribution in [0.3, 0.4) is 0 Å². The fourth-order valence-electron chi connectivity index (χ4n) is 2.65. The van der Waals surface area contributed by atoms with E-state index >= 15 is 0 Å². The van der Waals surface area contributed by atoms with Gasteiger partial charge in [0.2, 0.25) is 0 Å². The molecule has 0 fully saturated rings. The van der Waals surface area contributed by atoms with Crippen molar-refractivity contribution in [1.29, 1.82) is 0 Å². The summed E-state index contributed by atoms with van der Waals surface area (Å²) >= 11 is 0. The zero-order valence-electron chi connectivity index (χ0n) is 13.8. The van der Waals surface area contributed by atoms with Gasteiger partial charge in [-0.15, -0.1) is 0 Å². The van der Waals surface area contributed by atoms with Crippen LogP contribution in [0.2, 0.25) is 0 Å². The van der Waals surface area contributed by atoms with Crippen molar-refractivity contribution in [2.75, 3.05) is 13.6 Å². The topological polar surface area (TPSA) is 29.1 Å². The van der Waals surface area contributed by atoms with E-state index in [9.17, 15) is 4.79 Å². The average molecular weight is 289 g/mol. The van der Waals surface area contributed by atoms with Crippen LogP contribution >= 0.6 is 0 Å². The lowest BCUT2D eigenvalue weighted by Gasteiger charge is -2.08. The fourth-order valence-corrected chi connectivity index (χ4v) is 2.65. The Balaban J connectivity index is 2.31. The summed E-state index contributed by atoms with van der Waals surface area (Å²) in [6.45, 7) is 3.16. The standard InChI is InChI=1S/C19H31NO/c1-3-4-5-6-7-8-9-14-19(21)18-13-11-10-12-17(18)15-16-20-2/h10-13,20H,3-9,14-16H2,1-2H3. The maximum absolute atomic E-state index is 12.3. The third kappa shape index (κ3) is 7.42. The molecule has 1 rings (SSSR count). The van der Waals surface area contributed by atoms with Crippen LogP contribution in [0.4, 0.5) is 0 Å². The molecular weight excluding hydrogens is 258 g/mol. The Bertz CT molecular complexity index is 400. The van der Waals surface area contributed by atoms with E-state index in [0.717, 1.165) is 24.9 Å². The molecule has 0 aliphatic heterocycles. The molecule has 0 unspecified atom stereocenters. The first-order valence-corrected chi connectivity index (χ1v) is 8.55. The lowest BCUT2D eigenvalue weighted by atomic mass is 9.97. The highest BCUT2D eigenvalue weighted by Crippen LogP contribution is 2.15. The summed E-state index contributed by atoms with van der Waals surface area (Å²) in [5, 5.41) is 3.15. The molecule has 0 amide bonds. The number of Topliss-reactive ketones (excluding diaryl/α,β-unsaturated/α-hetero) is 1. The van der Waals surface area contributed by atoms with Crippen LogP contribution in [-0.4, -0.2) is 19.4 Å². The minimum absolute atomic E-state index is 0.315. The number of carbonyl (C=O) groups is 1. The number of unbranched alkanes of at least 4 members (excludes halogenated alkanes) is 6. The van der Waals surface area contributed by atoms with Crippen LogP contribution in [0, 0.1) is 0 Å². The lowest BCUT2D eigenvalue weighted by Crippen LogP contribution is -2.13. The first-order chi connectivity index (χ1) is 10.3. The molecule has 0 spiro atoms. The second kappa shape index (κ2) is 11.5. The number of hydrogen-bond acceptors (Lipinski definition) is 2. The van der Waals surface area contributed by atoms with Gasteiger partial charge in [-0.05, 0) is 32.0 Å². The summed E-state index contributed by atoms with van der Waals surface area (Å²) in [6, 6.07) is 8.06. The number of nitrogens with one attached hydrogen (secondary N) is 1. The van der Waals surface area contributed by atoms with Gasteiger partial charge in [-0.25, -0.2) is 0 Å². The van der Waals surface area contributed by atoms with E-state index in [1.165, 1.54) is 44.1 Å². The van der Waals surface area contributed by atoms with Crippen molar-refractivity contribution in [1.82, 2.24) is 5.32 Å². The summed E-state index contributed by atoms with van der Waals surface area (Å²) in [5.74, 6) is 0.315. The highest BCUT2D eigenvalue weighted by molar-refractivity contribution is 5.97. The Labute approximate surface area is 130 Å². The summed E-state index contributed by atoms with van der Waals surface area (Å²) < 4.78 is 0. The highest BCUT2D eigenvalue weighted by Gasteiger charge is 2.10. The van der Waals surface area contributed by atoms with Gasteiger partial charge in [-0.2, -0.15) is 0 Å². The molecular formula is C19H31NO. The number of likely N-dealkylation sites (N-methyl/N-ethyl adjacent to an activating group) is 1. The molecule has 118 valence electrons. The number of ketones is 1. The Kier molecular flexibility index (Phi) is 9.81. The molecule has 0 aliphatic carbocycles. The van der Waals surface area contributed by atoms with Crippen molar-refractivity contribution in [3.8, 4) is 0 Å². The maximum Gasteiger partial charge on any atom is 0.163 e. The summed E-state index contributed by atoms with van der Waals surface area (Å²) in [5.41, 5.74) is 2.11. The lowest BCUT2D eigenvalue weighted by molar-refractivity contribution is 0.0978. The Morgan fingerprint density at radius 3 is 2.38 bits per heavy atom. The van der Waals surface area contributed by atoms with E-state index in [4.69, 9.17) is 0 Å². The molecule has 0 saturated carbocycles. The third-order valence-electron chi connectivity index (χ3n) is 3.97. The molecule has 1 aromatic rings. The second-order valence-corrected chi connectivity index (χ2v) is 5.81. The van der Waals surface area contributed by atoms with E-state index in [-0.39, 0.29) is 0 Å². The minimum atomic E-state index is 0.315. The Morgan fingerprint density at radius 2 is 1.67 bits per heavy atom. The van der Waals surface area contributed by atoms with Crippen molar-refractivity contribution in [3.05, 3.63) is 35.4 Å². The molecule has 2 heteroatoms. The van der Waals surface area contributed by atoms with Gasteiger partial charge in [0.25, 0.3) is 0 Å². The van der Waals surface area contributed by atoms with Crippen LogP contribution in [0.25, 0.3) is 0 Å². The molecule has 0 atom stereocenters. The van der Waals surface area contributed by atoms with Gasteiger partial charge in [0.05, 0.1) is 0 Å². The van der Waals surface area contributed by atoms with Gasteiger partial charge in [-0.1, -0.05) is 69.7 Å². The molecule has 0 aromatic heterocycles. The summed E-state index contributed by atoms with van der Waals surface area (Å²) in [6.07, 6.45) is 10.4. The van der Waals surface area contributed by atoms with Gasteiger partial charge in [0.1, 0.15) is 0 Å². The van der Waals surface area contributed by atoms with E-state index in [1.807, 2.05) is 25.2 Å². The normalized spacial score (nSPS) is 10.8. The third-order valence-corrected chi connectivity index (χ3v) is 3.97. The predicted molar refractivity (Wildman–Crippen MR) is 91.0 cm³/mol. The van der Waals surface area contributed by atoms with E-state index in [1.54, 1.807) is 0 Å². The van der Waals surface area contributed by atoms with Gasteiger partial charge < -0.3 is 5.32 Å². The first kappa shape index (κ1) is 17.9. The number of carbonyl (C=O) groups excluding carboxylic acids is 1. The van der Waals surface area contributed by atoms with Crippen LogP contribution in [0.1, 0.15) is 74.2 Å². The maximum atomic E-state index is 12.3. The number of benzene rings is 1. The van der Waals surface area contributed by atoms with Crippen molar-refractivity contribution < 1.29 is 4.79 Å². The van der Waals surface area contributed by atoms with Crippen LogP contribution in [0.15, 0.2) is 24.3 Å². The quantitative estimate of drug-likeness (QED) is 0.443. The van der Waals surface area contributed by atoms with E-state index in [2.05, 4.69) is 18.3 Å². The van der Waals surface area contributed by atoms with Gasteiger partial charge in [0, 0.05) is 12.0 Å². The molecule has 1 aromatic carbocycles. The van der Waals surface area contributed by atoms with E-state index < -0.39 is 0 Å². The SMILES string of the molecule is CCCCCCCCCC(=O)c1ccccc1CCNC. The molecule has 0 saturated heterocycles. The van der Waals surface area contributed by atoms with Gasteiger partial charge in [0.15, 0.2) is 5.78 Å². The fraction of sp³-hybridized carbons (Fsp3) is 0.632. The van der Waals surface area contributed by atoms with Crippen molar-refractivity contribution in [2.45, 2.75) is 64.7 Å². The first-order valence-electron chi connectivity index (χ1n) is 8.55. The zero-order chi connectivity index (χ0) is 15.3. The van der Waals surface area contributed by atoms with E-state index in [0.29, 0.717) is 12.2 Å². The van der Waals surface area contributed by atoms with Crippen LogP contribution in [0.5, 0.6) is 0 Å². The summed E-state index contributed by atoms with van der Waals surface area (Å²) in [4.78, 5) is 12.3. The Hall–Kier alpha value is -1.15. The largest absolute Gasteiger partial charge is 0.319 e. The molecule has 0 bridgehead atoms. The monoisotopic (exact) mass is 289 g/mol. The zero-order valence-corrected chi connectivity index (χ0v) is 13.8.